The molecule has 6 nitrogen and oxygen atoms in total. The number of rotatable bonds is 5. The molecule has 2 aromatic rings. The lowest BCUT2D eigenvalue weighted by Crippen LogP contribution is -2.42. The summed E-state index contributed by atoms with van der Waals surface area (Å²) in [4.78, 5) is 14.7. The smallest absolute Gasteiger partial charge is 0.269 e. The van der Waals surface area contributed by atoms with E-state index in [0.717, 1.165) is 49.9 Å². The number of piperidine rings is 1. The fourth-order valence-electron chi connectivity index (χ4n) is 5.11. The van der Waals surface area contributed by atoms with Crippen molar-refractivity contribution in [2.24, 2.45) is 5.92 Å². The van der Waals surface area contributed by atoms with Crippen LogP contribution in [-0.2, 0) is 6.42 Å². The van der Waals surface area contributed by atoms with Crippen molar-refractivity contribution in [3.05, 3.63) is 71.1 Å². The number of aromatic amines is 1. The molecule has 3 aliphatic rings. The SMILES string of the molecule is N#CN1CC2CCC1C2NC(=O)c1cc(C2=CCCC=C2Cc2ccccc2)n[nH]1. The van der Waals surface area contributed by atoms with E-state index in [1.165, 1.54) is 11.1 Å². The van der Waals surface area contributed by atoms with Gasteiger partial charge in [-0.2, -0.15) is 10.4 Å². The number of nitriles is 1. The van der Waals surface area contributed by atoms with Gasteiger partial charge in [0, 0.05) is 12.1 Å². The Hall–Kier alpha value is -3.33. The molecule has 1 aromatic carbocycles. The molecule has 2 bridgehead atoms. The van der Waals surface area contributed by atoms with Gasteiger partial charge < -0.3 is 10.2 Å². The van der Waals surface area contributed by atoms with Gasteiger partial charge in [-0.3, -0.25) is 9.89 Å². The summed E-state index contributed by atoms with van der Waals surface area (Å²) in [5.74, 6) is 0.225. The quantitative estimate of drug-likeness (QED) is 0.755. The van der Waals surface area contributed by atoms with E-state index in [0.29, 0.717) is 11.6 Å². The van der Waals surface area contributed by atoms with Gasteiger partial charge in [0.1, 0.15) is 5.69 Å². The zero-order valence-electron chi connectivity index (χ0n) is 16.8. The Bertz CT molecular complexity index is 1050. The summed E-state index contributed by atoms with van der Waals surface area (Å²) in [5.41, 5.74) is 4.92. The molecule has 2 heterocycles. The van der Waals surface area contributed by atoms with Crippen LogP contribution in [0.5, 0.6) is 0 Å². The van der Waals surface area contributed by atoms with Gasteiger partial charge in [0.2, 0.25) is 0 Å². The standard InChI is InChI=1S/C24H25N5O/c25-15-29-14-18-10-11-22(29)23(18)26-24(30)21-13-20(27-28-21)19-9-5-4-8-17(19)12-16-6-2-1-3-7-16/h1-3,6-9,13,18,22-23H,4-5,10-12,14H2,(H,26,30)(H,27,28). The second-order valence-electron chi connectivity index (χ2n) is 8.41. The maximum atomic E-state index is 12.9. The largest absolute Gasteiger partial charge is 0.346 e. The molecule has 152 valence electrons. The summed E-state index contributed by atoms with van der Waals surface area (Å²) in [6.07, 6.45) is 11.7. The molecule has 30 heavy (non-hydrogen) atoms. The van der Waals surface area contributed by atoms with Crippen molar-refractivity contribution >= 4 is 11.5 Å². The minimum Gasteiger partial charge on any atom is -0.346 e. The minimum absolute atomic E-state index is 0.0475. The average Bonchev–Trinajstić information content (AvgIpc) is 3.50. The van der Waals surface area contributed by atoms with E-state index in [9.17, 15) is 10.1 Å². The maximum absolute atomic E-state index is 12.9. The Kier molecular flexibility index (Phi) is 4.88. The number of aromatic nitrogens is 2. The Morgan fingerprint density at radius 3 is 2.87 bits per heavy atom. The van der Waals surface area contributed by atoms with Crippen molar-refractivity contribution in [3.8, 4) is 6.19 Å². The molecule has 1 saturated carbocycles. The van der Waals surface area contributed by atoms with Gasteiger partial charge in [0.15, 0.2) is 6.19 Å². The van der Waals surface area contributed by atoms with Crippen LogP contribution < -0.4 is 5.32 Å². The Morgan fingerprint density at radius 2 is 2.07 bits per heavy atom. The highest BCUT2D eigenvalue weighted by Gasteiger charge is 2.47. The van der Waals surface area contributed by atoms with Crippen LogP contribution in [0.2, 0.25) is 0 Å². The van der Waals surface area contributed by atoms with Gasteiger partial charge in [0.25, 0.3) is 5.91 Å². The molecule has 2 aliphatic carbocycles. The highest BCUT2D eigenvalue weighted by atomic mass is 16.2. The third-order valence-electron chi connectivity index (χ3n) is 6.60. The first-order valence-corrected chi connectivity index (χ1v) is 10.7. The fraction of sp³-hybridized carbons (Fsp3) is 0.375. The number of allylic oxidation sites excluding steroid dienone is 4. The highest BCUT2D eigenvalue weighted by Crippen LogP contribution is 2.37. The second-order valence-corrected chi connectivity index (χ2v) is 8.41. The molecule has 2 N–H and O–H groups in total. The van der Waals surface area contributed by atoms with Gasteiger partial charge in [-0.05, 0) is 55.2 Å². The predicted molar refractivity (Wildman–Crippen MR) is 114 cm³/mol. The molecule has 6 heteroatoms. The zero-order chi connectivity index (χ0) is 20.5. The summed E-state index contributed by atoms with van der Waals surface area (Å²) in [6.45, 7) is 0.751. The van der Waals surface area contributed by atoms with Gasteiger partial charge in [0.05, 0.1) is 17.8 Å². The van der Waals surface area contributed by atoms with E-state index in [4.69, 9.17) is 0 Å². The second kappa shape index (κ2) is 7.83. The average molecular weight is 399 g/mol. The number of carbonyl (C=O) groups excluding carboxylic acids is 1. The predicted octanol–water partition coefficient (Wildman–Crippen LogP) is 3.43. The van der Waals surface area contributed by atoms with E-state index in [1.54, 1.807) is 0 Å². The molecule has 3 atom stereocenters. The number of H-pyrrole nitrogens is 1. The van der Waals surface area contributed by atoms with Crippen LogP contribution in [-0.4, -0.2) is 39.6 Å². The maximum Gasteiger partial charge on any atom is 0.269 e. The molecule has 2 fully saturated rings. The molecule has 1 saturated heterocycles. The normalized spacial score (nSPS) is 24.9. The van der Waals surface area contributed by atoms with Crippen molar-refractivity contribution in [3.63, 3.8) is 0 Å². The van der Waals surface area contributed by atoms with E-state index in [1.807, 2.05) is 17.0 Å². The van der Waals surface area contributed by atoms with Crippen LogP contribution in [0.25, 0.3) is 5.57 Å². The molecular formula is C24H25N5O. The van der Waals surface area contributed by atoms with E-state index >= 15 is 0 Å². The van der Waals surface area contributed by atoms with Crippen molar-refractivity contribution in [2.75, 3.05) is 6.54 Å². The Morgan fingerprint density at radius 1 is 1.23 bits per heavy atom. The van der Waals surface area contributed by atoms with E-state index < -0.39 is 0 Å². The minimum atomic E-state index is -0.138. The number of benzene rings is 1. The van der Waals surface area contributed by atoms with Crippen LogP contribution in [0.1, 0.15) is 47.4 Å². The first-order valence-electron chi connectivity index (χ1n) is 10.7. The first kappa shape index (κ1) is 18.7. The van der Waals surface area contributed by atoms with Gasteiger partial charge in [-0.1, -0.05) is 42.5 Å². The van der Waals surface area contributed by atoms with Crippen LogP contribution in [0.4, 0.5) is 0 Å². The first-order chi connectivity index (χ1) is 14.7. The molecule has 0 spiro atoms. The monoisotopic (exact) mass is 399 g/mol. The number of hydrogen-bond acceptors (Lipinski definition) is 4. The molecular weight excluding hydrogens is 374 g/mol. The Balaban J connectivity index is 1.30. The van der Waals surface area contributed by atoms with Crippen LogP contribution >= 0.6 is 0 Å². The number of fused-ring (bicyclic) bond motifs is 2. The molecule has 3 unspecified atom stereocenters. The number of carbonyl (C=O) groups is 1. The third kappa shape index (κ3) is 3.41. The van der Waals surface area contributed by atoms with E-state index in [-0.39, 0.29) is 18.0 Å². The summed E-state index contributed by atoms with van der Waals surface area (Å²) in [7, 11) is 0. The van der Waals surface area contributed by atoms with Crippen LogP contribution in [0.3, 0.4) is 0 Å². The lowest BCUT2D eigenvalue weighted by molar-refractivity contribution is 0.0924. The van der Waals surface area contributed by atoms with Crippen molar-refractivity contribution in [1.82, 2.24) is 20.4 Å². The van der Waals surface area contributed by atoms with E-state index in [2.05, 4.69) is 58.1 Å². The zero-order valence-corrected chi connectivity index (χ0v) is 16.8. The van der Waals surface area contributed by atoms with Crippen LogP contribution in [0.15, 0.2) is 54.1 Å². The number of likely N-dealkylation sites (tertiary alicyclic amines) is 1. The molecule has 1 aliphatic heterocycles. The molecule has 5 rings (SSSR count). The molecule has 0 radical (unpaired) electrons. The van der Waals surface area contributed by atoms with Crippen LogP contribution in [0, 0.1) is 17.4 Å². The summed E-state index contributed by atoms with van der Waals surface area (Å²) >= 11 is 0. The van der Waals surface area contributed by atoms with Gasteiger partial charge in [-0.15, -0.1) is 0 Å². The fourth-order valence-corrected chi connectivity index (χ4v) is 5.11. The van der Waals surface area contributed by atoms with Crippen molar-refractivity contribution in [2.45, 2.75) is 44.2 Å². The number of hydrogen-bond donors (Lipinski definition) is 2. The van der Waals surface area contributed by atoms with Gasteiger partial charge in [-0.25, -0.2) is 0 Å². The summed E-state index contributed by atoms with van der Waals surface area (Å²) < 4.78 is 0. The summed E-state index contributed by atoms with van der Waals surface area (Å²) in [6, 6.07) is 12.4. The summed E-state index contributed by atoms with van der Waals surface area (Å²) in [5, 5.41) is 19.8. The van der Waals surface area contributed by atoms with Crippen molar-refractivity contribution < 1.29 is 4.79 Å². The topological polar surface area (TPSA) is 84.8 Å². The van der Waals surface area contributed by atoms with Gasteiger partial charge >= 0.3 is 0 Å². The van der Waals surface area contributed by atoms with Crippen molar-refractivity contribution in [1.29, 1.82) is 5.26 Å². The number of nitrogens with zero attached hydrogens (tertiary/aromatic N) is 3. The third-order valence-corrected chi connectivity index (χ3v) is 6.60. The number of nitrogens with one attached hydrogen (secondary N) is 2. The molecule has 1 aromatic heterocycles. The lowest BCUT2D eigenvalue weighted by Gasteiger charge is -2.21. The molecule has 1 amide bonds. The number of amides is 1. The highest BCUT2D eigenvalue weighted by molar-refractivity contribution is 5.94. The lowest BCUT2D eigenvalue weighted by atomic mass is 9.90. The Labute approximate surface area is 176 Å².